The first kappa shape index (κ1) is 21.4. The third kappa shape index (κ3) is 4.46. The Bertz CT molecular complexity index is 1140. The SMILES string of the molecule is CCOc1ccccc1NC(=O)c1ccc(C)c(N(C)S(=O)(=O)c2ccccc2)c1. The molecule has 156 valence electrons. The fraction of sp³-hybridized carbons (Fsp3) is 0.174. The molecule has 0 heterocycles. The van der Waals surface area contributed by atoms with Crippen molar-refractivity contribution in [1.82, 2.24) is 0 Å². The molecule has 0 aromatic heterocycles. The number of ether oxygens (including phenoxy) is 1. The highest BCUT2D eigenvalue weighted by Gasteiger charge is 2.23. The number of sulfonamides is 1. The normalized spacial score (nSPS) is 11.0. The van der Waals surface area contributed by atoms with Crippen LogP contribution in [0.15, 0.2) is 77.7 Å². The zero-order valence-corrected chi connectivity index (χ0v) is 17.9. The standard InChI is InChI=1S/C23H24N2O4S/c1-4-29-22-13-9-8-12-20(22)24-23(26)18-15-14-17(2)21(16-18)25(3)30(27,28)19-10-6-5-7-11-19/h5-16H,4H2,1-3H3,(H,24,26). The molecule has 1 amide bonds. The Balaban J connectivity index is 1.91. The summed E-state index contributed by atoms with van der Waals surface area (Å²) in [6.45, 7) is 4.15. The molecular formula is C23H24N2O4S. The van der Waals surface area contributed by atoms with Gasteiger partial charge in [0.15, 0.2) is 0 Å². The minimum absolute atomic E-state index is 0.187. The number of nitrogens with zero attached hydrogens (tertiary/aromatic N) is 1. The Kier molecular flexibility index (Phi) is 6.42. The summed E-state index contributed by atoms with van der Waals surface area (Å²) in [5.74, 6) is 0.221. The smallest absolute Gasteiger partial charge is 0.264 e. The molecule has 3 aromatic carbocycles. The highest BCUT2D eigenvalue weighted by Crippen LogP contribution is 2.28. The predicted octanol–water partition coefficient (Wildman–Crippen LogP) is 4.47. The molecule has 0 aliphatic rings. The summed E-state index contributed by atoms with van der Waals surface area (Å²) in [5, 5.41) is 2.84. The molecule has 0 bridgehead atoms. The number of rotatable bonds is 7. The van der Waals surface area contributed by atoms with E-state index in [-0.39, 0.29) is 10.8 Å². The second-order valence-corrected chi connectivity index (χ2v) is 8.64. The van der Waals surface area contributed by atoms with Gasteiger partial charge < -0.3 is 10.1 Å². The number of anilines is 2. The van der Waals surface area contributed by atoms with E-state index in [1.165, 1.54) is 11.4 Å². The zero-order chi connectivity index (χ0) is 21.7. The molecule has 0 aliphatic heterocycles. The van der Waals surface area contributed by atoms with Crippen LogP contribution in [-0.2, 0) is 10.0 Å². The van der Waals surface area contributed by atoms with Gasteiger partial charge in [0.05, 0.1) is 22.9 Å². The quantitative estimate of drug-likeness (QED) is 0.607. The molecule has 30 heavy (non-hydrogen) atoms. The van der Waals surface area contributed by atoms with Crippen LogP contribution in [0, 0.1) is 6.92 Å². The van der Waals surface area contributed by atoms with Crippen molar-refractivity contribution in [2.45, 2.75) is 18.7 Å². The average Bonchev–Trinajstić information content (AvgIpc) is 2.75. The lowest BCUT2D eigenvalue weighted by Crippen LogP contribution is -2.27. The fourth-order valence-corrected chi connectivity index (χ4v) is 4.29. The zero-order valence-electron chi connectivity index (χ0n) is 17.1. The molecule has 0 unspecified atom stereocenters. The van der Waals surface area contributed by atoms with Crippen LogP contribution in [0.2, 0.25) is 0 Å². The second-order valence-electron chi connectivity index (χ2n) is 6.67. The van der Waals surface area contributed by atoms with Gasteiger partial charge in [0, 0.05) is 12.6 Å². The number of para-hydroxylation sites is 2. The van der Waals surface area contributed by atoms with E-state index in [2.05, 4.69) is 5.32 Å². The number of hydrogen-bond donors (Lipinski definition) is 1. The van der Waals surface area contributed by atoms with Crippen molar-refractivity contribution in [3.8, 4) is 5.75 Å². The topological polar surface area (TPSA) is 75.7 Å². The Morgan fingerprint density at radius 1 is 1.00 bits per heavy atom. The molecule has 0 spiro atoms. The Hall–Kier alpha value is -3.32. The van der Waals surface area contributed by atoms with Gasteiger partial charge >= 0.3 is 0 Å². The number of nitrogens with one attached hydrogen (secondary N) is 1. The summed E-state index contributed by atoms with van der Waals surface area (Å²) in [4.78, 5) is 13.0. The Morgan fingerprint density at radius 2 is 1.67 bits per heavy atom. The minimum atomic E-state index is -3.75. The van der Waals surface area contributed by atoms with E-state index in [1.54, 1.807) is 73.7 Å². The van der Waals surface area contributed by atoms with Crippen LogP contribution in [0.3, 0.4) is 0 Å². The fourth-order valence-electron chi connectivity index (χ4n) is 3.02. The summed E-state index contributed by atoms with van der Waals surface area (Å²) < 4.78 is 32.7. The molecule has 0 fully saturated rings. The van der Waals surface area contributed by atoms with Gasteiger partial charge in [0.25, 0.3) is 15.9 Å². The molecule has 7 heteroatoms. The van der Waals surface area contributed by atoms with Crippen molar-refractivity contribution in [2.24, 2.45) is 0 Å². The van der Waals surface area contributed by atoms with E-state index < -0.39 is 10.0 Å². The molecule has 0 atom stereocenters. The molecule has 0 aliphatic carbocycles. The maximum Gasteiger partial charge on any atom is 0.264 e. The van der Waals surface area contributed by atoms with Crippen LogP contribution in [0.1, 0.15) is 22.8 Å². The highest BCUT2D eigenvalue weighted by molar-refractivity contribution is 7.92. The molecule has 1 N–H and O–H groups in total. The molecule has 0 radical (unpaired) electrons. The first-order valence-corrected chi connectivity index (χ1v) is 11.0. The van der Waals surface area contributed by atoms with Crippen LogP contribution in [0.25, 0.3) is 0 Å². The van der Waals surface area contributed by atoms with Gasteiger partial charge in [-0.2, -0.15) is 0 Å². The van der Waals surface area contributed by atoms with Gasteiger partial charge in [-0.25, -0.2) is 8.42 Å². The maximum atomic E-state index is 13.0. The number of carbonyl (C=O) groups is 1. The first-order valence-electron chi connectivity index (χ1n) is 9.52. The van der Waals surface area contributed by atoms with E-state index in [0.29, 0.717) is 29.3 Å². The molecule has 0 saturated carbocycles. The molecular weight excluding hydrogens is 400 g/mol. The van der Waals surface area contributed by atoms with Gasteiger partial charge in [0.1, 0.15) is 5.75 Å². The van der Waals surface area contributed by atoms with E-state index in [0.717, 1.165) is 5.56 Å². The molecule has 3 rings (SSSR count). The van der Waals surface area contributed by atoms with Crippen molar-refractivity contribution in [3.63, 3.8) is 0 Å². The van der Waals surface area contributed by atoms with Crippen molar-refractivity contribution < 1.29 is 17.9 Å². The number of hydrogen-bond acceptors (Lipinski definition) is 4. The highest BCUT2D eigenvalue weighted by atomic mass is 32.2. The van der Waals surface area contributed by atoms with Crippen molar-refractivity contribution >= 4 is 27.3 Å². The summed E-state index contributed by atoms with van der Waals surface area (Å²) in [5.41, 5.74) is 2.07. The van der Waals surface area contributed by atoms with Gasteiger partial charge in [0.2, 0.25) is 0 Å². The van der Waals surface area contributed by atoms with Gasteiger partial charge in [-0.1, -0.05) is 36.4 Å². The Morgan fingerprint density at radius 3 is 2.37 bits per heavy atom. The van der Waals surface area contributed by atoms with E-state index in [9.17, 15) is 13.2 Å². The Labute approximate surface area is 177 Å². The largest absolute Gasteiger partial charge is 0.492 e. The monoisotopic (exact) mass is 424 g/mol. The van der Waals surface area contributed by atoms with Crippen LogP contribution >= 0.6 is 0 Å². The summed E-state index contributed by atoms with van der Waals surface area (Å²) >= 11 is 0. The average molecular weight is 425 g/mol. The van der Waals surface area contributed by atoms with Crippen LogP contribution in [0.5, 0.6) is 5.75 Å². The third-order valence-corrected chi connectivity index (χ3v) is 6.43. The van der Waals surface area contributed by atoms with Crippen LogP contribution in [-0.4, -0.2) is 28.0 Å². The minimum Gasteiger partial charge on any atom is -0.492 e. The lowest BCUT2D eigenvalue weighted by atomic mass is 10.1. The van der Waals surface area contributed by atoms with E-state index in [1.807, 2.05) is 13.0 Å². The van der Waals surface area contributed by atoms with Crippen molar-refractivity contribution in [1.29, 1.82) is 0 Å². The van der Waals surface area contributed by atoms with Crippen LogP contribution < -0.4 is 14.4 Å². The van der Waals surface area contributed by atoms with Crippen molar-refractivity contribution in [2.75, 3.05) is 23.3 Å². The molecule has 3 aromatic rings. The lowest BCUT2D eigenvalue weighted by molar-refractivity contribution is 0.102. The number of aryl methyl sites for hydroxylation is 1. The number of amides is 1. The van der Waals surface area contributed by atoms with Crippen LogP contribution in [0.4, 0.5) is 11.4 Å². The number of benzene rings is 3. The summed E-state index contributed by atoms with van der Waals surface area (Å²) in [6, 6.07) is 20.3. The third-order valence-electron chi connectivity index (χ3n) is 4.65. The second kappa shape index (κ2) is 9.00. The summed E-state index contributed by atoms with van der Waals surface area (Å²) in [6.07, 6.45) is 0. The number of carbonyl (C=O) groups excluding carboxylic acids is 1. The lowest BCUT2D eigenvalue weighted by Gasteiger charge is -2.22. The van der Waals surface area contributed by atoms with Crippen molar-refractivity contribution in [3.05, 3.63) is 83.9 Å². The molecule has 6 nitrogen and oxygen atoms in total. The van der Waals surface area contributed by atoms with E-state index in [4.69, 9.17) is 4.74 Å². The predicted molar refractivity (Wildman–Crippen MR) is 119 cm³/mol. The maximum absolute atomic E-state index is 13.0. The van der Waals surface area contributed by atoms with E-state index >= 15 is 0 Å². The van der Waals surface area contributed by atoms with Gasteiger partial charge in [-0.3, -0.25) is 9.10 Å². The summed E-state index contributed by atoms with van der Waals surface area (Å²) in [7, 11) is -2.27. The van der Waals surface area contributed by atoms with Gasteiger partial charge in [-0.05, 0) is 55.8 Å². The van der Waals surface area contributed by atoms with Gasteiger partial charge in [-0.15, -0.1) is 0 Å². The molecule has 0 saturated heterocycles. The first-order chi connectivity index (χ1) is 14.3.